The molecule has 21 heavy (non-hydrogen) atoms. The number of ether oxygens (including phenoxy) is 1. The lowest BCUT2D eigenvalue weighted by atomic mass is 10.0. The molecule has 0 aliphatic rings. The topological polar surface area (TPSA) is 72.6 Å². The van der Waals surface area contributed by atoms with Gasteiger partial charge in [-0.05, 0) is 36.2 Å². The van der Waals surface area contributed by atoms with E-state index in [0.717, 1.165) is 12.8 Å². The second-order valence-corrected chi connectivity index (χ2v) is 4.68. The van der Waals surface area contributed by atoms with Crippen molar-refractivity contribution >= 4 is 5.69 Å². The predicted molar refractivity (Wildman–Crippen MR) is 80.6 cm³/mol. The predicted octanol–water partition coefficient (Wildman–Crippen LogP) is 4.15. The minimum absolute atomic E-state index is 0.00492. The number of nitrogens with zero attached hydrogens (tertiary/aromatic N) is 1. The van der Waals surface area contributed by atoms with Crippen LogP contribution in [-0.4, -0.2) is 16.6 Å². The van der Waals surface area contributed by atoms with E-state index in [1.54, 1.807) is 24.3 Å². The molecule has 0 saturated heterocycles. The number of phenols is 1. The Bertz CT molecular complexity index is 623. The number of hydrogen-bond acceptors (Lipinski definition) is 4. The molecule has 0 amide bonds. The van der Waals surface area contributed by atoms with Crippen molar-refractivity contribution < 1.29 is 14.8 Å². The van der Waals surface area contributed by atoms with Gasteiger partial charge in [-0.25, -0.2) is 0 Å². The number of nitro benzene ring substituents is 1. The van der Waals surface area contributed by atoms with Gasteiger partial charge in [-0.15, -0.1) is 0 Å². The number of phenolic OH excluding ortho intramolecular Hbond substituents is 1. The summed E-state index contributed by atoms with van der Waals surface area (Å²) >= 11 is 0. The van der Waals surface area contributed by atoms with Gasteiger partial charge in [0, 0.05) is 0 Å². The first-order valence-electron chi connectivity index (χ1n) is 6.82. The molecule has 0 saturated carbocycles. The fourth-order valence-corrected chi connectivity index (χ4v) is 1.97. The molecule has 2 rings (SSSR count). The van der Waals surface area contributed by atoms with Gasteiger partial charge in [-0.3, -0.25) is 10.1 Å². The summed E-state index contributed by atoms with van der Waals surface area (Å²) in [4.78, 5) is 10.8. The number of nitro groups is 1. The molecule has 0 aliphatic carbocycles. The van der Waals surface area contributed by atoms with Crippen LogP contribution in [-0.2, 0) is 0 Å². The fraction of sp³-hybridized carbons (Fsp3) is 0.250. The van der Waals surface area contributed by atoms with Crippen molar-refractivity contribution in [3.63, 3.8) is 0 Å². The van der Waals surface area contributed by atoms with E-state index in [9.17, 15) is 15.2 Å². The summed E-state index contributed by atoms with van der Waals surface area (Å²) in [7, 11) is 0. The Morgan fingerprint density at radius 1 is 1.19 bits per heavy atom. The first-order valence-corrected chi connectivity index (χ1v) is 6.82. The average molecular weight is 287 g/mol. The maximum atomic E-state index is 11.2. The molecule has 5 heteroatoms. The van der Waals surface area contributed by atoms with Crippen LogP contribution < -0.4 is 4.74 Å². The van der Waals surface area contributed by atoms with E-state index in [1.165, 1.54) is 18.2 Å². The van der Waals surface area contributed by atoms with E-state index in [2.05, 4.69) is 6.92 Å². The smallest absolute Gasteiger partial charge is 0.280 e. The average Bonchev–Trinajstić information content (AvgIpc) is 2.48. The normalized spacial score (nSPS) is 10.3. The van der Waals surface area contributed by atoms with Crippen molar-refractivity contribution in [3.05, 3.63) is 52.6 Å². The highest BCUT2D eigenvalue weighted by molar-refractivity contribution is 5.74. The highest BCUT2D eigenvalue weighted by atomic mass is 16.6. The molecule has 0 fully saturated rings. The van der Waals surface area contributed by atoms with Gasteiger partial charge in [0.15, 0.2) is 0 Å². The van der Waals surface area contributed by atoms with Gasteiger partial charge in [0.1, 0.15) is 11.5 Å². The SMILES string of the molecule is CCCCOc1ccc(-c2ccc(O)cc2)c([N+](=O)[O-])c1. The van der Waals surface area contributed by atoms with Crippen LogP contribution in [0.15, 0.2) is 42.5 Å². The first-order chi connectivity index (χ1) is 10.1. The minimum atomic E-state index is -0.422. The van der Waals surface area contributed by atoms with Crippen LogP contribution in [0.4, 0.5) is 5.69 Å². The molecule has 110 valence electrons. The number of hydrogen-bond donors (Lipinski definition) is 1. The van der Waals surface area contributed by atoms with Crippen LogP contribution in [0, 0.1) is 10.1 Å². The van der Waals surface area contributed by atoms with Crippen LogP contribution in [0.3, 0.4) is 0 Å². The number of aromatic hydroxyl groups is 1. The molecule has 0 aliphatic heterocycles. The molecule has 2 aromatic rings. The molecule has 0 bridgehead atoms. The molecule has 0 spiro atoms. The maximum absolute atomic E-state index is 11.2. The van der Waals surface area contributed by atoms with Crippen LogP contribution in [0.2, 0.25) is 0 Å². The Morgan fingerprint density at radius 2 is 1.90 bits per heavy atom. The third kappa shape index (κ3) is 3.72. The van der Waals surface area contributed by atoms with Gasteiger partial charge in [-0.2, -0.15) is 0 Å². The van der Waals surface area contributed by atoms with E-state index in [1.807, 2.05) is 0 Å². The molecule has 2 aromatic carbocycles. The lowest BCUT2D eigenvalue weighted by Gasteiger charge is -2.08. The number of benzene rings is 2. The molecule has 0 heterocycles. The Hall–Kier alpha value is -2.56. The molecular weight excluding hydrogens is 270 g/mol. The molecule has 0 unspecified atom stereocenters. The lowest BCUT2D eigenvalue weighted by molar-refractivity contribution is -0.384. The lowest BCUT2D eigenvalue weighted by Crippen LogP contribution is -1.98. The Kier molecular flexibility index (Phi) is 4.77. The zero-order chi connectivity index (χ0) is 15.2. The second kappa shape index (κ2) is 6.74. The van der Waals surface area contributed by atoms with Crippen molar-refractivity contribution in [2.75, 3.05) is 6.61 Å². The van der Waals surface area contributed by atoms with Crippen LogP contribution >= 0.6 is 0 Å². The van der Waals surface area contributed by atoms with Crippen LogP contribution in [0.25, 0.3) is 11.1 Å². The highest BCUT2D eigenvalue weighted by Gasteiger charge is 2.16. The van der Waals surface area contributed by atoms with E-state index < -0.39 is 4.92 Å². The highest BCUT2D eigenvalue weighted by Crippen LogP contribution is 2.33. The van der Waals surface area contributed by atoms with Gasteiger partial charge in [-0.1, -0.05) is 25.5 Å². The molecule has 1 N–H and O–H groups in total. The molecule has 0 atom stereocenters. The van der Waals surface area contributed by atoms with Crippen LogP contribution in [0.5, 0.6) is 11.5 Å². The number of unbranched alkanes of at least 4 members (excludes halogenated alkanes) is 1. The van der Waals surface area contributed by atoms with Crippen molar-refractivity contribution in [2.24, 2.45) is 0 Å². The quantitative estimate of drug-likeness (QED) is 0.492. The zero-order valence-corrected chi connectivity index (χ0v) is 11.8. The third-order valence-corrected chi connectivity index (χ3v) is 3.11. The van der Waals surface area contributed by atoms with Gasteiger partial charge in [0.05, 0.1) is 23.2 Å². The standard InChI is InChI=1S/C16H17NO4/c1-2-3-10-21-14-8-9-15(16(11-14)17(19)20)12-4-6-13(18)7-5-12/h4-9,11,18H,2-3,10H2,1H3. The van der Waals surface area contributed by atoms with Gasteiger partial charge < -0.3 is 9.84 Å². The third-order valence-electron chi connectivity index (χ3n) is 3.11. The molecular formula is C16H17NO4. The second-order valence-electron chi connectivity index (χ2n) is 4.68. The zero-order valence-electron chi connectivity index (χ0n) is 11.8. The Labute approximate surface area is 123 Å². The minimum Gasteiger partial charge on any atom is -0.508 e. The van der Waals surface area contributed by atoms with Crippen molar-refractivity contribution in [1.29, 1.82) is 0 Å². The summed E-state index contributed by atoms with van der Waals surface area (Å²) in [5.41, 5.74) is 1.18. The maximum Gasteiger partial charge on any atom is 0.280 e. The van der Waals surface area contributed by atoms with Gasteiger partial charge >= 0.3 is 0 Å². The monoisotopic (exact) mass is 287 g/mol. The summed E-state index contributed by atoms with van der Waals surface area (Å²) in [6.07, 6.45) is 1.92. The van der Waals surface area contributed by atoms with Crippen molar-refractivity contribution in [3.8, 4) is 22.6 Å². The van der Waals surface area contributed by atoms with Crippen molar-refractivity contribution in [2.45, 2.75) is 19.8 Å². The summed E-state index contributed by atoms with van der Waals surface area (Å²) in [5, 5.41) is 20.5. The van der Waals surface area contributed by atoms with E-state index in [4.69, 9.17) is 4.74 Å². The van der Waals surface area contributed by atoms with E-state index in [-0.39, 0.29) is 11.4 Å². The summed E-state index contributed by atoms with van der Waals surface area (Å²) in [6.45, 7) is 2.60. The van der Waals surface area contributed by atoms with Gasteiger partial charge in [0.2, 0.25) is 0 Å². The van der Waals surface area contributed by atoms with E-state index in [0.29, 0.717) is 23.5 Å². The number of rotatable bonds is 6. The molecule has 0 radical (unpaired) electrons. The summed E-state index contributed by atoms with van der Waals surface area (Å²) < 4.78 is 5.50. The molecule has 0 aromatic heterocycles. The van der Waals surface area contributed by atoms with Crippen LogP contribution in [0.1, 0.15) is 19.8 Å². The van der Waals surface area contributed by atoms with Gasteiger partial charge in [0.25, 0.3) is 5.69 Å². The van der Waals surface area contributed by atoms with Crippen molar-refractivity contribution in [1.82, 2.24) is 0 Å². The summed E-state index contributed by atoms with van der Waals surface area (Å²) in [5.74, 6) is 0.624. The first kappa shape index (κ1) is 14.8. The largest absolute Gasteiger partial charge is 0.508 e. The molecule has 5 nitrogen and oxygen atoms in total. The Balaban J connectivity index is 2.33. The fourth-order valence-electron chi connectivity index (χ4n) is 1.97. The van der Waals surface area contributed by atoms with E-state index >= 15 is 0 Å². The summed E-state index contributed by atoms with van der Waals surface area (Å²) in [6, 6.07) is 11.1. The Morgan fingerprint density at radius 3 is 2.52 bits per heavy atom.